The lowest BCUT2D eigenvalue weighted by atomic mass is 9.94. The van der Waals surface area contributed by atoms with Gasteiger partial charge in [0.05, 0.1) is 11.8 Å². The summed E-state index contributed by atoms with van der Waals surface area (Å²) in [7, 11) is 2.14. The largest absolute Gasteiger partial charge is 0.481 e. The second kappa shape index (κ2) is 5.72. The van der Waals surface area contributed by atoms with Gasteiger partial charge in [0.2, 0.25) is 5.91 Å². The van der Waals surface area contributed by atoms with Gasteiger partial charge < -0.3 is 15.3 Å². The van der Waals surface area contributed by atoms with E-state index in [0.717, 1.165) is 19.5 Å². The number of hydrogen-bond acceptors (Lipinski definition) is 3. The zero-order chi connectivity index (χ0) is 14.9. The Hall–Kier alpha value is -1.10. The molecule has 1 heterocycles. The van der Waals surface area contributed by atoms with Crippen molar-refractivity contribution in [2.24, 2.45) is 23.2 Å². The van der Waals surface area contributed by atoms with Gasteiger partial charge in [-0.1, -0.05) is 13.8 Å². The van der Waals surface area contributed by atoms with E-state index in [2.05, 4.69) is 17.3 Å². The average molecular weight is 282 g/mol. The minimum absolute atomic E-state index is 0.0877. The van der Waals surface area contributed by atoms with Gasteiger partial charge in [-0.15, -0.1) is 0 Å². The molecule has 1 saturated carbocycles. The van der Waals surface area contributed by atoms with E-state index in [0.29, 0.717) is 12.5 Å². The van der Waals surface area contributed by atoms with Gasteiger partial charge in [0.15, 0.2) is 0 Å². The van der Waals surface area contributed by atoms with E-state index in [1.807, 2.05) is 13.8 Å². The summed E-state index contributed by atoms with van der Waals surface area (Å²) in [6.45, 7) is 6.65. The van der Waals surface area contributed by atoms with Crippen LogP contribution in [0.1, 0.15) is 33.1 Å². The van der Waals surface area contributed by atoms with Crippen molar-refractivity contribution in [1.29, 1.82) is 0 Å². The summed E-state index contributed by atoms with van der Waals surface area (Å²) in [4.78, 5) is 25.4. The fourth-order valence-corrected chi connectivity index (χ4v) is 3.45. The van der Waals surface area contributed by atoms with Crippen LogP contribution >= 0.6 is 0 Å². The highest BCUT2D eigenvalue weighted by atomic mass is 16.4. The van der Waals surface area contributed by atoms with Crippen LogP contribution in [0.2, 0.25) is 0 Å². The summed E-state index contributed by atoms with van der Waals surface area (Å²) in [5.74, 6) is -1.14. The highest BCUT2D eigenvalue weighted by Crippen LogP contribution is 2.58. The number of carbonyl (C=O) groups excluding carboxylic acids is 1. The maximum atomic E-state index is 12.0. The molecule has 0 unspecified atom stereocenters. The number of piperidine rings is 1. The molecule has 2 rings (SSSR count). The van der Waals surface area contributed by atoms with Crippen LogP contribution in [0, 0.1) is 23.2 Å². The van der Waals surface area contributed by atoms with Crippen LogP contribution in [0.4, 0.5) is 0 Å². The topological polar surface area (TPSA) is 69.6 Å². The number of nitrogens with one attached hydrogen (secondary N) is 1. The number of likely N-dealkylation sites (tertiary alicyclic amines) is 1. The maximum Gasteiger partial charge on any atom is 0.307 e. The van der Waals surface area contributed by atoms with Crippen LogP contribution in [0.15, 0.2) is 0 Å². The van der Waals surface area contributed by atoms with Crippen LogP contribution in [0.5, 0.6) is 0 Å². The fraction of sp³-hybridized carbons (Fsp3) is 0.867. The number of carboxylic acid groups (broad SMARTS) is 1. The highest BCUT2D eigenvalue weighted by Gasteiger charge is 2.65. The lowest BCUT2D eigenvalue weighted by Gasteiger charge is -2.28. The first-order valence-electron chi connectivity index (χ1n) is 7.53. The van der Waals surface area contributed by atoms with Gasteiger partial charge in [0.25, 0.3) is 0 Å². The molecule has 20 heavy (non-hydrogen) atoms. The van der Waals surface area contributed by atoms with E-state index < -0.39 is 17.3 Å². The zero-order valence-electron chi connectivity index (χ0n) is 12.7. The first-order chi connectivity index (χ1) is 9.34. The van der Waals surface area contributed by atoms with E-state index >= 15 is 0 Å². The monoisotopic (exact) mass is 282 g/mol. The average Bonchev–Trinajstić information content (AvgIpc) is 2.95. The second-order valence-corrected chi connectivity index (χ2v) is 6.94. The third-order valence-electron chi connectivity index (χ3n) is 5.07. The second-order valence-electron chi connectivity index (χ2n) is 6.94. The lowest BCUT2D eigenvalue weighted by Crippen LogP contribution is -2.33. The predicted octanol–water partition coefficient (Wildman–Crippen LogP) is 1.19. The molecule has 0 aromatic carbocycles. The van der Waals surface area contributed by atoms with Gasteiger partial charge in [0, 0.05) is 6.54 Å². The highest BCUT2D eigenvalue weighted by molar-refractivity contribution is 5.91. The fourth-order valence-electron chi connectivity index (χ4n) is 3.45. The Morgan fingerprint density at radius 2 is 1.85 bits per heavy atom. The quantitative estimate of drug-likeness (QED) is 0.795. The van der Waals surface area contributed by atoms with Crippen molar-refractivity contribution in [3.8, 4) is 0 Å². The number of carbonyl (C=O) groups is 2. The lowest BCUT2D eigenvalue weighted by molar-refractivity contribution is -0.140. The van der Waals surface area contributed by atoms with Crippen molar-refractivity contribution in [2.75, 3.05) is 26.7 Å². The van der Waals surface area contributed by atoms with Crippen LogP contribution in [0.25, 0.3) is 0 Å². The van der Waals surface area contributed by atoms with Crippen molar-refractivity contribution < 1.29 is 14.7 Å². The third kappa shape index (κ3) is 3.14. The van der Waals surface area contributed by atoms with Gasteiger partial charge in [-0.2, -0.15) is 0 Å². The Bertz CT molecular complexity index is 387. The Kier molecular flexibility index (Phi) is 4.37. The molecule has 0 bridgehead atoms. The number of rotatable bonds is 5. The minimum atomic E-state index is -0.856. The van der Waals surface area contributed by atoms with Crippen molar-refractivity contribution >= 4 is 11.9 Å². The summed E-state index contributed by atoms with van der Waals surface area (Å²) < 4.78 is 0. The van der Waals surface area contributed by atoms with E-state index in [9.17, 15) is 9.59 Å². The molecular weight excluding hydrogens is 256 g/mol. The molecule has 0 spiro atoms. The molecule has 0 aromatic rings. The number of nitrogens with zero attached hydrogens (tertiary/aromatic N) is 1. The van der Waals surface area contributed by atoms with Crippen molar-refractivity contribution in [3.05, 3.63) is 0 Å². The summed E-state index contributed by atoms with van der Waals surface area (Å²) in [6, 6.07) is 0. The third-order valence-corrected chi connectivity index (χ3v) is 5.07. The molecular formula is C15H26N2O3. The zero-order valence-corrected chi connectivity index (χ0v) is 12.7. The van der Waals surface area contributed by atoms with Gasteiger partial charge in [-0.25, -0.2) is 0 Å². The molecule has 1 aliphatic carbocycles. The Labute approximate surface area is 120 Å². The van der Waals surface area contributed by atoms with E-state index in [1.165, 1.54) is 12.8 Å². The summed E-state index contributed by atoms with van der Waals surface area (Å²) in [6.07, 6.45) is 3.39. The molecule has 2 atom stereocenters. The number of hydrogen-bond donors (Lipinski definition) is 2. The standard InChI is InChI=1S/C15H26N2O3/c1-15(2)11(12(15)14(19)20)13(18)16-7-4-10-5-8-17(3)9-6-10/h10-12H,4-9H2,1-3H3,(H,16,18)(H,19,20)/t11-,12+/m1/s1. The minimum Gasteiger partial charge on any atom is -0.481 e. The molecule has 0 aromatic heterocycles. The Morgan fingerprint density at radius 3 is 2.35 bits per heavy atom. The van der Waals surface area contributed by atoms with Crippen LogP contribution in [-0.4, -0.2) is 48.6 Å². The summed E-state index contributed by atoms with van der Waals surface area (Å²) >= 11 is 0. The molecule has 1 aliphatic heterocycles. The van der Waals surface area contributed by atoms with Gasteiger partial charge >= 0.3 is 5.97 Å². The number of amides is 1. The molecule has 5 heteroatoms. The van der Waals surface area contributed by atoms with Crippen LogP contribution < -0.4 is 5.32 Å². The van der Waals surface area contributed by atoms with E-state index in [4.69, 9.17) is 5.11 Å². The molecule has 114 valence electrons. The molecule has 2 fully saturated rings. The van der Waals surface area contributed by atoms with Gasteiger partial charge in [-0.3, -0.25) is 9.59 Å². The SMILES string of the molecule is CN1CCC(CCNC(=O)[C@H]2[C@@H](C(=O)O)C2(C)C)CC1. The first-order valence-corrected chi connectivity index (χ1v) is 7.53. The van der Waals surface area contributed by atoms with E-state index in [1.54, 1.807) is 0 Å². The summed E-state index contributed by atoms with van der Waals surface area (Å²) in [5.41, 5.74) is -0.399. The van der Waals surface area contributed by atoms with Crippen LogP contribution in [0.3, 0.4) is 0 Å². The van der Waals surface area contributed by atoms with Crippen molar-refractivity contribution in [2.45, 2.75) is 33.1 Å². The summed E-state index contributed by atoms with van der Waals surface area (Å²) in [5, 5.41) is 12.0. The van der Waals surface area contributed by atoms with Gasteiger partial charge in [-0.05, 0) is 50.7 Å². The molecule has 0 radical (unpaired) electrons. The molecule has 1 amide bonds. The molecule has 2 N–H and O–H groups in total. The maximum absolute atomic E-state index is 12.0. The first kappa shape index (κ1) is 15.3. The van der Waals surface area contributed by atoms with Crippen LogP contribution in [-0.2, 0) is 9.59 Å². The normalized spacial score (nSPS) is 29.9. The Balaban J connectivity index is 1.70. The smallest absolute Gasteiger partial charge is 0.307 e. The number of carboxylic acids is 1. The molecule has 2 aliphatic rings. The molecule has 1 saturated heterocycles. The van der Waals surface area contributed by atoms with Gasteiger partial charge in [0.1, 0.15) is 0 Å². The molecule has 5 nitrogen and oxygen atoms in total. The Morgan fingerprint density at radius 1 is 1.25 bits per heavy atom. The van der Waals surface area contributed by atoms with Crippen molar-refractivity contribution in [3.63, 3.8) is 0 Å². The van der Waals surface area contributed by atoms with Crippen molar-refractivity contribution in [1.82, 2.24) is 10.2 Å². The predicted molar refractivity (Wildman–Crippen MR) is 76.2 cm³/mol. The van der Waals surface area contributed by atoms with E-state index in [-0.39, 0.29) is 11.8 Å². The number of aliphatic carboxylic acids is 1.